The van der Waals surface area contributed by atoms with Gasteiger partial charge in [0, 0.05) is 37.2 Å². The Labute approximate surface area is 271 Å². The Morgan fingerprint density at radius 2 is 1.77 bits per heavy atom. The number of nitrogens with zero attached hydrogens (tertiary/aromatic N) is 3. The fraction of sp³-hybridized carbons (Fsp3) is 0.625. The SMILES string of the molecule is Cc1nc(NC(C)c2cccc(C(F)F)c2F)c(C2OCCO2)c(C(OC(=O)N2CCNCC2)(C(=O)NC2(CF)CC2)C(C)(C)C)n1. The van der Waals surface area contributed by atoms with Gasteiger partial charge < -0.3 is 35.1 Å². The Balaban J connectivity index is 1.70. The Hall–Kier alpha value is -3.56. The van der Waals surface area contributed by atoms with Gasteiger partial charge >= 0.3 is 6.09 Å². The number of nitrogens with one attached hydrogen (secondary N) is 3. The lowest BCUT2D eigenvalue weighted by Gasteiger charge is -2.44. The molecule has 2 saturated heterocycles. The minimum absolute atomic E-state index is 0.0524. The molecule has 15 heteroatoms. The van der Waals surface area contributed by atoms with Crippen molar-refractivity contribution in [1.82, 2.24) is 25.5 Å². The van der Waals surface area contributed by atoms with Gasteiger partial charge in [-0.05, 0) is 26.7 Å². The van der Waals surface area contributed by atoms with Crippen LogP contribution < -0.4 is 16.0 Å². The number of benzene rings is 1. The zero-order valence-electron chi connectivity index (χ0n) is 27.2. The van der Waals surface area contributed by atoms with Crippen LogP contribution in [0.25, 0.3) is 0 Å². The van der Waals surface area contributed by atoms with Gasteiger partial charge in [0.15, 0.2) is 6.29 Å². The van der Waals surface area contributed by atoms with Crippen LogP contribution in [0.15, 0.2) is 18.2 Å². The molecular weight excluding hydrogens is 624 g/mol. The third-order valence-electron chi connectivity index (χ3n) is 8.84. The molecular formula is C32H42F4N6O5. The van der Waals surface area contributed by atoms with Crippen LogP contribution in [0.2, 0.25) is 0 Å². The number of amides is 2. The van der Waals surface area contributed by atoms with Crippen LogP contribution in [0.1, 0.15) is 87.5 Å². The molecule has 3 fully saturated rings. The van der Waals surface area contributed by atoms with E-state index in [1.165, 1.54) is 17.0 Å². The molecule has 11 nitrogen and oxygen atoms in total. The summed E-state index contributed by atoms with van der Waals surface area (Å²) < 4.78 is 74.7. The molecule has 0 bridgehead atoms. The topological polar surface area (TPSA) is 127 Å². The third-order valence-corrected chi connectivity index (χ3v) is 8.84. The first-order valence-electron chi connectivity index (χ1n) is 15.8. The monoisotopic (exact) mass is 666 g/mol. The molecule has 2 amide bonds. The first kappa shape index (κ1) is 34.8. The summed E-state index contributed by atoms with van der Waals surface area (Å²) >= 11 is 0. The number of aryl methyl sites for hydroxylation is 1. The van der Waals surface area contributed by atoms with E-state index in [1.807, 2.05) is 0 Å². The molecule has 0 radical (unpaired) electrons. The second-order valence-corrected chi connectivity index (χ2v) is 13.3. The Bertz CT molecular complexity index is 1470. The lowest BCUT2D eigenvalue weighted by atomic mass is 9.71. The van der Waals surface area contributed by atoms with E-state index in [0.29, 0.717) is 39.0 Å². The van der Waals surface area contributed by atoms with Crippen molar-refractivity contribution in [3.8, 4) is 0 Å². The lowest BCUT2D eigenvalue weighted by molar-refractivity contribution is -0.160. The minimum Gasteiger partial charge on any atom is -0.425 e. The highest BCUT2D eigenvalue weighted by Gasteiger charge is 2.60. The standard InChI is InChI=1S/C32H42F4N6O5/c1-18(20-7-6-8-21(23(20)34)25(35)36)38-26-22(27-45-15-16-46-27)24(39-19(2)40-26)32(30(3,4)5,28(43)41-31(17-33)9-10-31)47-29(44)42-13-11-37-12-14-42/h6-8,18,25,27,37H,9-17H2,1-5H3,(H,41,43)(H,38,39,40). The summed E-state index contributed by atoms with van der Waals surface area (Å²) in [4.78, 5) is 39.3. The van der Waals surface area contributed by atoms with E-state index in [-0.39, 0.29) is 41.7 Å². The first-order valence-corrected chi connectivity index (χ1v) is 15.8. The van der Waals surface area contributed by atoms with Gasteiger partial charge in [-0.3, -0.25) is 4.79 Å². The molecule has 3 N–H and O–H groups in total. The number of carbonyl (C=O) groups is 2. The molecule has 1 saturated carbocycles. The average Bonchev–Trinajstić information content (AvgIpc) is 3.58. The molecule has 1 aromatic heterocycles. The highest BCUT2D eigenvalue weighted by Crippen LogP contribution is 2.49. The van der Waals surface area contributed by atoms with E-state index in [2.05, 4.69) is 20.9 Å². The molecule has 1 aromatic carbocycles. The minimum atomic E-state index is -3.03. The molecule has 2 unspecified atom stereocenters. The normalized spacial score (nSPS) is 20.1. The summed E-state index contributed by atoms with van der Waals surface area (Å²) in [5, 5.41) is 9.08. The quantitative estimate of drug-likeness (QED) is 0.301. The molecule has 5 rings (SSSR count). The molecule has 2 aromatic rings. The van der Waals surface area contributed by atoms with Crippen molar-refractivity contribution >= 4 is 17.8 Å². The maximum absolute atomic E-state index is 15.3. The predicted octanol–water partition coefficient (Wildman–Crippen LogP) is 4.98. The fourth-order valence-electron chi connectivity index (χ4n) is 5.93. The molecule has 3 aliphatic rings. The van der Waals surface area contributed by atoms with Crippen LogP contribution in [0.5, 0.6) is 0 Å². The van der Waals surface area contributed by atoms with Crippen LogP contribution in [-0.4, -0.2) is 78.5 Å². The fourth-order valence-corrected chi connectivity index (χ4v) is 5.93. The second-order valence-electron chi connectivity index (χ2n) is 13.3. The van der Waals surface area contributed by atoms with Gasteiger partial charge in [0.2, 0.25) is 5.60 Å². The number of hydrogen-bond acceptors (Lipinski definition) is 9. The maximum atomic E-state index is 15.3. The van der Waals surface area contributed by atoms with Gasteiger partial charge in [-0.2, -0.15) is 0 Å². The smallest absolute Gasteiger partial charge is 0.411 e. The number of rotatable bonds is 10. The number of anilines is 1. The van der Waals surface area contributed by atoms with Gasteiger partial charge in [0.05, 0.1) is 35.9 Å². The Kier molecular flexibility index (Phi) is 10.00. The van der Waals surface area contributed by atoms with E-state index in [4.69, 9.17) is 19.2 Å². The van der Waals surface area contributed by atoms with E-state index in [0.717, 1.165) is 6.07 Å². The summed E-state index contributed by atoms with van der Waals surface area (Å²) in [6, 6.07) is 2.81. The van der Waals surface area contributed by atoms with Crippen LogP contribution in [0.4, 0.5) is 28.2 Å². The zero-order valence-corrected chi connectivity index (χ0v) is 27.2. The van der Waals surface area contributed by atoms with Crippen LogP contribution >= 0.6 is 0 Å². The van der Waals surface area contributed by atoms with E-state index < -0.39 is 65.4 Å². The molecule has 3 heterocycles. The van der Waals surface area contributed by atoms with Crippen molar-refractivity contribution in [3.63, 3.8) is 0 Å². The second kappa shape index (κ2) is 13.5. The number of alkyl halides is 3. The van der Waals surface area contributed by atoms with Crippen molar-refractivity contribution in [2.75, 3.05) is 51.4 Å². The van der Waals surface area contributed by atoms with Crippen LogP contribution in [0, 0.1) is 18.2 Å². The Morgan fingerprint density at radius 1 is 1.13 bits per heavy atom. The van der Waals surface area contributed by atoms with Crippen molar-refractivity contribution in [1.29, 1.82) is 0 Å². The van der Waals surface area contributed by atoms with Crippen LogP contribution in [-0.2, 0) is 24.6 Å². The molecule has 2 aliphatic heterocycles. The number of aromatic nitrogens is 2. The number of ether oxygens (including phenoxy) is 3. The molecule has 0 spiro atoms. The van der Waals surface area contributed by atoms with Gasteiger partial charge in [0.1, 0.15) is 29.8 Å². The highest BCUT2D eigenvalue weighted by atomic mass is 19.3. The van der Waals surface area contributed by atoms with Crippen molar-refractivity contribution in [2.45, 2.75) is 77.4 Å². The highest BCUT2D eigenvalue weighted by molar-refractivity contribution is 5.91. The number of hydrogen-bond donors (Lipinski definition) is 3. The average molecular weight is 667 g/mol. The lowest BCUT2D eigenvalue weighted by Crippen LogP contribution is -2.61. The molecule has 258 valence electrons. The predicted molar refractivity (Wildman–Crippen MR) is 163 cm³/mol. The van der Waals surface area contributed by atoms with Crippen molar-refractivity contribution in [2.24, 2.45) is 5.41 Å². The van der Waals surface area contributed by atoms with E-state index in [1.54, 1.807) is 34.6 Å². The number of carbonyl (C=O) groups excluding carboxylic acids is 2. The summed E-state index contributed by atoms with van der Waals surface area (Å²) in [5.74, 6) is -1.65. The number of halogens is 4. The molecule has 2 atom stereocenters. The van der Waals surface area contributed by atoms with Gasteiger partial charge in [0.25, 0.3) is 12.3 Å². The summed E-state index contributed by atoms with van der Waals surface area (Å²) in [6.45, 7) is 9.46. The van der Waals surface area contributed by atoms with Gasteiger partial charge in [-0.25, -0.2) is 32.3 Å². The number of piperazine rings is 1. The maximum Gasteiger partial charge on any atom is 0.411 e. The third kappa shape index (κ3) is 6.88. The largest absolute Gasteiger partial charge is 0.425 e. The van der Waals surface area contributed by atoms with Gasteiger partial charge in [-0.1, -0.05) is 39.0 Å². The van der Waals surface area contributed by atoms with Crippen molar-refractivity contribution < 1.29 is 41.4 Å². The van der Waals surface area contributed by atoms with E-state index in [9.17, 15) is 22.8 Å². The molecule has 1 aliphatic carbocycles. The Morgan fingerprint density at radius 3 is 2.34 bits per heavy atom. The summed E-state index contributed by atoms with van der Waals surface area (Å²) in [5.41, 5.74) is -5.25. The zero-order chi connectivity index (χ0) is 34.1. The summed E-state index contributed by atoms with van der Waals surface area (Å²) in [7, 11) is 0. The first-order chi connectivity index (χ1) is 22.2. The van der Waals surface area contributed by atoms with Crippen molar-refractivity contribution in [3.05, 3.63) is 52.2 Å². The van der Waals surface area contributed by atoms with E-state index >= 15 is 4.39 Å². The molecule has 47 heavy (non-hydrogen) atoms. The van der Waals surface area contributed by atoms with Gasteiger partial charge in [-0.15, -0.1) is 0 Å². The van der Waals surface area contributed by atoms with Crippen LogP contribution in [0.3, 0.4) is 0 Å². The summed E-state index contributed by atoms with van der Waals surface area (Å²) in [6.07, 6.45) is -4.15.